The van der Waals surface area contributed by atoms with Crippen molar-refractivity contribution in [2.24, 2.45) is 13.0 Å². The molecule has 0 unspecified atom stereocenters. The van der Waals surface area contributed by atoms with Crippen molar-refractivity contribution < 1.29 is 13.9 Å². The first kappa shape index (κ1) is 19.8. The summed E-state index contributed by atoms with van der Waals surface area (Å²) in [6.07, 6.45) is 5.86. The molecule has 2 aromatic heterocycles. The predicted molar refractivity (Wildman–Crippen MR) is 115 cm³/mol. The lowest BCUT2D eigenvalue weighted by molar-refractivity contribution is 0.0980. The number of rotatable bonds is 7. The number of fused-ring (bicyclic) bond motifs is 1. The number of carbonyl (C=O) groups is 1. The molecule has 1 N–H and O–H groups in total. The Labute approximate surface area is 173 Å². The Morgan fingerprint density at radius 1 is 1.38 bits per heavy atom. The Morgan fingerprint density at radius 3 is 2.83 bits per heavy atom. The number of carbonyl (C=O) groups excluding carboxylic acids is 1. The quantitative estimate of drug-likeness (QED) is 0.557. The molecule has 1 saturated carbocycles. The molecule has 0 bridgehead atoms. The number of ether oxygens (including phenoxy) is 1. The van der Waals surface area contributed by atoms with Crippen LogP contribution in [-0.4, -0.2) is 27.3 Å². The first-order valence-corrected chi connectivity index (χ1v) is 10.6. The van der Waals surface area contributed by atoms with Crippen LogP contribution in [0.3, 0.4) is 0 Å². The Kier molecular flexibility index (Phi) is 5.50. The van der Waals surface area contributed by atoms with E-state index in [0.29, 0.717) is 23.7 Å². The lowest BCUT2D eigenvalue weighted by Crippen LogP contribution is -2.18. The summed E-state index contributed by atoms with van der Waals surface area (Å²) in [5, 5.41) is 1.21. The summed E-state index contributed by atoms with van der Waals surface area (Å²) in [5.74, 6) is 0.0774. The van der Waals surface area contributed by atoms with Crippen LogP contribution in [0.4, 0.5) is 4.39 Å². The van der Waals surface area contributed by atoms with Crippen LogP contribution >= 0.6 is 11.9 Å². The largest absolute Gasteiger partial charge is 0.477 e. The highest BCUT2D eigenvalue weighted by Gasteiger charge is 2.24. The number of aryl methyl sites for hydroxylation is 1. The standard InChI is InChI=1S/C22H24FN3O2S/c1-13(2)12-28-21-7-4-14(10-24-21)18-11-26(3)20-9-17(19(23)8-16(18)20)22(27)25-29-15-5-6-15/h4,7-11,13,15H,5-6,12H2,1-3H3,(H,25,27). The van der Waals surface area contributed by atoms with Crippen molar-refractivity contribution in [2.45, 2.75) is 31.9 Å². The molecule has 29 heavy (non-hydrogen) atoms. The topological polar surface area (TPSA) is 56.1 Å². The van der Waals surface area contributed by atoms with Gasteiger partial charge in [0.2, 0.25) is 5.88 Å². The van der Waals surface area contributed by atoms with Crippen molar-refractivity contribution in [1.82, 2.24) is 14.3 Å². The fourth-order valence-corrected chi connectivity index (χ4v) is 3.82. The van der Waals surface area contributed by atoms with Crippen LogP contribution in [0.25, 0.3) is 22.0 Å². The van der Waals surface area contributed by atoms with E-state index in [2.05, 4.69) is 23.6 Å². The monoisotopic (exact) mass is 413 g/mol. The molecule has 5 nitrogen and oxygen atoms in total. The molecule has 0 saturated heterocycles. The lowest BCUT2D eigenvalue weighted by atomic mass is 10.0. The Morgan fingerprint density at radius 2 is 2.17 bits per heavy atom. The van der Waals surface area contributed by atoms with Crippen molar-refractivity contribution in [3.63, 3.8) is 0 Å². The molecule has 152 valence electrons. The second-order valence-corrected chi connectivity index (χ2v) is 8.95. The third-order valence-corrected chi connectivity index (χ3v) is 5.89. The van der Waals surface area contributed by atoms with Gasteiger partial charge in [-0.25, -0.2) is 9.37 Å². The minimum absolute atomic E-state index is 0.0639. The molecule has 0 aliphatic heterocycles. The summed E-state index contributed by atoms with van der Waals surface area (Å²) in [4.78, 5) is 16.7. The van der Waals surface area contributed by atoms with Gasteiger partial charge in [-0.05, 0) is 48.9 Å². The molecule has 2 heterocycles. The van der Waals surface area contributed by atoms with E-state index >= 15 is 0 Å². The van der Waals surface area contributed by atoms with Gasteiger partial charge in [-0.15, -0.1) is 0 Å². The van der Waals surface area contributed by atoms with Crippen molar-refractivity contribution in [3.8, 4) is 17.0 Å². The van der Waals surface area contributed by atoms with Gasteiger partial charge in [0.05, 0.1) is 12.2 Å². The van der Waals surface area contributed by atoms with E-state index in [4.69, 9.17) is 4.74 Å². The first-order chi connectivity index (χ1) is 13.9. The third-order valence-electron chi connectivity index (χ3n) is 4.78. The molecule has 4 rings (SSSR count). The van der Waals surface area contributed by atoms with Crippen LogP contribution in [0.15, 0.2) is 36.7 Å². The number of halogens is 1. The fourth-order valence-electron chi connectivity index (χ4n) is 3.06. The van der Waals surface area contributed by atoms with E-state index in [1.54, 1.807) is 12.3 Å². The van der Waals surface area contributed by atoms with E-state index in [9.17, 15) is 9.18 Å². The molecule has 0 radical (unpaired) electrons. The zero-order valence-corrected chi connectivity index (χ0v) is 17.6. The summed E-state index contributed by atoms with van der Waals surface area (Å²) in [6, 6.07) is 6.79. The zero-order chi connectivity index (χ0) is 20.5. The van der Waals surface area contributed by atoms with Gasteiger partial charge in [0.15, 0.2) is 0 Å². The summed E-state index contributed by atoms with van der Waals surface area (Å²) in [7, 11) is 1.89. The smallest absolute Gasteiger partial charge is 0.264 e. The molecule has 3 aromatic rings. The Hall–Kier alpha value is -2.54. The van der Waals surface area contributed by atoms with Crippen molar-refractivity contribution >= 4 is 28.8 Å². The highest BCUT2D eigenvalue weighted by Crippen LogP contribution is 2.34. The molecule has 0 spiro atoms. The normalized spacial score (nSPS) is 13.8. The Balaban J connectivity index is 1.62. The highest BCUT2D eigenvalue weighted by atomic mass is 32.2. The minimum Gasteiger partial charge on any atom is -0.477 e. The van der Waals surface area contributed by atoms with Gasteiger partial charge in [-0.3, -0.25) is 9.52 Å². The van der Waals surface area contributed by atoms with E-state index in [-0.39, 0.29) is 5.56 Å². The van der Waals surface area contributed by atoms with E-state index in [1.807, 2.05) is 29.9 Å². The number of nitrogens with one attached hydrogen (secondary N) is 1. The summed E-state index contributed by atoms with van der Waals surface area (Å²) >= 11 is 1.38. The second kappa shape index (κ2) is 8.06. The maximum atomic E-state index is 14.7. The summed E-state index contributed by atoms with van der Waals surface area (Å²) in [5.41, 5.74) is 2.59. The number of benzene rings is 1. The number of amides is 1. The third kappa shape index (κ3) is 4.40. The van der Waals surface area contributed by atoms with Gasteiger partial charge >= 0.3 is 0 Å². The molecule has 0 atom stereocenters. The van der Waals surface area contributed by atoms with Crippen LogP contribution in [0.5, 0.6) is 5.88 Å². The molecule has 1 aromatic carbocycles. The van der Waals surface area contributed by atoms with Crippen molar-refractivity contribution in [2.75, 3.05) is 6.61 Å². The van der Waals surface area contributed by atoms with E-state index in [0.717, 1.165) is 34.9 Å². The SMILES string of the molecule is CC(C)COc1ccc(-c2cn(C)c3cc(C(=O)NSC4CC4)c(F)cc23)cn1. The number of hydrogen-bond donors (Lipinski definition) is 1. The maximum absolute atomic E-state index is 14.7. The van der Waals surface area contributed by atoms with Crippen LogP contribution in [0, 0.1) is 11.7 Å². The zero-order valence-electron chi connectivity index (χ0n) is 16.7. The number of pyridine rings is 1. The number of nitrogens with zero attached hydrogens (tertiary/aromatic N) is 2. The second-order valence-electron chi connectivity index (χ2n) is 7.84. The predicted octanol–water partition coefficient (Wildman–Crippen LogP) is 4.95. The molecule has 1 amide bonds. The lowest BCUT2D eigenvalue weighted by Gasteiger charge is -2.08. The first-order valence-electron chi connectivity index (χ1n) is 9.76. The average Bonchev–Trinajstić information content (AvgIpc) is 3.48. The number of aromatic nitrogens is 2. The van der Waals surface area contributed by atoms with Crippen LogP contribution < -0.4 is 9.46 Å². The molecular formula is C22H24FN3O2S. The minimum atomic E-state index is -0.524. The molecule has 1 aliphatic carbocycles. The van der Waals surface area contributed by atoms with Gasteiger partial charge in [-0.2, -0.15) is 0 Å². The summed E-state index contributed by atoms with van der Waals surface area (Å²) < 4.78 is 25.0. The number of hydrogen-bond acceptors (Lipinski definition) is 4. The van der Waals surface area contributed by atoms with Crippen LogP contribution in [0.1, 0.15) is 37.0 Å². The van der Waals surface area contributed by atoms with Crippen molar-refractivity contribution in [1.29, 1.82) is 0 Å². The summed E-state index contributed by atoms with van der Waals surface area (Å²) in [6.45, 7) is 4.77. The van der Waals surface area contributed by atoms with E-state index < -0.39 is 11.7 Å². The Bertz CT molecular complexity index is 1040. The van der Waals surface area contributed by atoms with E-state index in [1.165, 1.54) is 18.0 Å². The van der Waals surface area contributed by atoms with Gasteiger partial charge in [0.25, 0.3) is 5.91 Å². The molecule has 7 heteroatoms. The average molecular weight is 414 g/mol. The van der Waals surface area contributed by atoms with Crippen LogP contribution in [-0.2, 0) is 7.05 Å². The van der Waals surface area contributed by atoms with Gasteiger partial charge in [0.1, 0.15) is 5.82 Å². The van der Waals surface area contributed by atoms with Crippen LogP contribution in [0.2, 0.25) is 0 Å². The molecular weight excluding hydrogens is 389 g/mol. The molecule has 1 fully saturated rings. The van der Waals surface area contributed by atoms with Gasteiger partial charge in [0, 0.05) is 52.8 Å². The fraction of sp³-hybridized carbons (Fsp3) is 0.364. The van der Waals surface area contributed by atoms with Gasteiger partial charge < -0.3 is 9.30 Å². The highest BCUT2D eigenvalue weighted by molar-refractivity contribution is 7.98. The maximum Gasteiger partial charge on any atom is 0.264 e. The van der Waals surface area contributed by atoms with Gasteiger partial charge in [-0.1, -0.05) is 13.8 Å². The molecule has 1 aliphatic rings. The van der Waals surface area contributed by atoms with Crippen molar-refractivity contribution in [3.05, 3.63) is 48.0 Å².